The van der Waals surface area contributed by atoms with Crippen LogP contribution in [-0.4, -0.2) is 58.6 Å². The molecule has 0 aliphatic carbocycles. The van der Waals surface area contributed by atoms with Crippen molar-refractivity contribution in [2.24, 2.45) is 0 Å². The molecular formula is C26H27ClFN3O4S. The van der Waals surface area contributed by atoms with Crippen LogP contribution in [0.4, 0.5) is 10.1 Å². The van der Waals surface area contributed by atoms with Gasteiger partial charge in [-0.3, -0.25) is 4.79 Å². The van der Waals surface area contributed by atoms with Gasteiger partial charge < -0.3 is 14.5 Å². The maximum absolute atomic E-state index is 14.2. The minimum absolute atomic E-state index is 0.0662. The molecule has 0 saturated carbocycles. The largest absolute Gasteiger partial charge is 0.495 e. The average molecular weight is 532 g/mol. The molecule has 1 saturated heterocycles. The second-order valence-electron chi connectivity index (χ2n) is 8.42. The number of nitrogens with zero attached hydrogens (tertiary/aromatic N) is 2. The van der Waals surface area contributed by atoms with Gasteiger partial charge in [-0.2, -0.15) is 4.72 Å². The molecular weight excluding hydrogens is 505 g/mol. The van der Waals surface area contributed by atoms with E-state index < -0.39 is 16.1 Å². The van der Waals surface area contributed by atoms with Gasteiger partial charge >= 0.3 is 0 Å². The van der Waals surface area contributed by atoms with Crippen LogP contribution in [0.15, 0.2) is 77.7 Å². The SMILES string of the molecule is COc1ccc(S(=O)(=O)NC(Cc2ccccc2)C(=O)N2CCN(c3ccccc3F)CC2)cc1Cl. The Bertz CT molecular complexity index is 1320. The number of methoxy groups -OCH3 is 1. The Labute approximate surface area is 215 Å². The summed E-state index contributed by atoms with van der Waals surface area (Å²) in [6.07, 6.45) is 0.177. The molecule has 0 aromatic heterocycles. The number of para-hydroxylation sites is 1. The number of benzene rings is 3. The molecule has 10 heteroatoms. The van der Waals surface area contributed by atoms with Crippen LogP contribution < -0.4 is 14.4 Å². The lowest BCUT2D eigenvalue weighted by molar-refractivity contribution is -0.133. The molecule has 1 N–H and O–H groups in total. The molecule has 3 aromatic carbocycles. The van der Waals surface area contributed by atoms with Crippen molar-refractivity contribution in [3.05, 3.63) is 89.2 Å². The second-order valence-corrected chi connectivity index (χ2v) is 10.5. The predicted octanol–water partition coefficient (Wildman–Crippen LogP) is 3.73. The summed E-state index contributed by atoms with van der Waals surface area (Å²) in [7, 11) is -2.63. The van der Waals surface area contributed by atoms with E-state index in [2.05, 4.69) is 4.72 Å². The summed E-state index contributed by atoms with van der Waals surface area (Å²) >= 11 is 6.14. The van der Waals surface area contributed by atoms with Gasteiger partial charge in [0.25, 0.3) is 0 Å². The first-order valence-corrected chi connectivity index (χ1v) is 13.3. The lowest BCUT2D eigenvalue weighted by Crippen LogP contribution is -2.55. The van der Waals surface area contributed by atoms with Crippen LogP contribution in [0, 0.1) is 5.82 Å². The summed E-state index contributed by atoms with van der Waals surface area (Å²) in [5, 5.41) is 0.149. The Hall–Kier alpha value is -3.14. The van der Waals surface area contributed by atoms with Gasteiger partial charge in [-0.1, -0.05) is 54.1 Å². The molecule has 36 heavy (non-hydrogen) atoms. The Kier molecular flexibility index (Phi) is 8.13. The third-order valence-electron chi connectivity index (χ3n) is 6.10. The van der Waals surface area contributed by atoms with Crippen LogP contribution in [-0.2, 0) is 21.2 Å². The van der Waals surface area contributed by atoms with Crippen molar-refractivity contribution in [3.8, 4) is 5.75 Å². The highest BCUT2D eigenvalue weighted by Crippen LogP contribution is 2.27. The van der Waals surface area contributed by atoms with E-state index in [1.165, 1.54) is 31.4 Å². The summed E-state index contributed by atoms with van der Waals surface area (Å²) in [5.74, 6) is -0.305. The van der Waals surface area contributed by atoms with Crippen molar-refractivity contribution >= 4 is 33.2 Å². The zero-order chi connectivity index (χ0) is 25.7. The molecule has 1 aliphatic rings. The van der Waals surface area contributed by atoms with E-state index in [4.69, 9.17) is 16.3 Å². The van der Waals surface area contributed by atoms with E-state index in [9.17, 15) is 17.6 Å². The van der Waals surface area contributed by atoms with E-state index in [1.54, 1.807) is 23.1 Å². The number of hydrogen-bond donors (Lipinski definition) is 1. The molecule has 0 bridgehead atoms. The van der Waals surface area contributed by atoms with Crippen molar-refractivity contribution in [1.82, 2.24) is 9.62 Å². The molecule has 1 aliphatic heterocycles. The topological polar surface area (TPSA) is 78.9 Å². The summed E-state index contributed by atoms with van der Waals surface area (Å²) in [6.45, 7) is 1.56. The number of carbonyl (C=O) groups is 1. The van der Waals surface area contributed by atoms with Gasteiger partial charge in [0.1, 0.15) is 17.6 Å². The third kappa shape index (κ3) is 5.98. The highest BCUT2D eigenvalue weighted by molar-refractivity contribution is 7.89. The fourth-order valence-corrected chi connectivity index (χ4v) is 5.73. The van der Waals surface area contributed by atoms with Crippen LogP contribution in [0.3, 0.4) is 0 Å². The number of sulfonamides is 1. The van der Waals surface area contributed by atoms with Crippen LogP contribution >= 0.6 is 11.6 Å². The molecule has 0 spiro atoms. The fraction of sp³-hybridized carbons (Fsp3) is 0.269. The number of anilines is 1. The van der Waals surface area contributed by atoms with Gasteiger partial charge in [0.05, 0.1) is 22.7 Å². The molecule has 1 amide bonds. The third-order valence-corrected chi connectivity index (χ3v) is 7.86. The number of nitrogens with one attached hydrogen (secondary N) is 1. The Morgan fingerprint density at radius 2 is 1.69 bits per heavy atom. The van der Waals surface area contributed by atoms with Crippen molar-refractivity contribution in [2.75, 3.05) is 38.2 Å². The first kappa shape index (κ1) is 25.9. The average Bonchev–Trinajstić information content (AvgIpc) is 2.89. The Morgan fingerprint density at radius 1 is 1.03 bits per heavy atom. The number of carbonyl (C=O) groups excluding carboxylic acids is 1. The van der Waals surface area contributed by atoms with E-state index in [0.29, 0.717) is 37.6 Å². The number of ether oxygens (including phenoxy) is 1. The van der Waals surface area contributed by atoms with Crippen molar-refractivity contribution < 1.29 is 22.3 Å². The van der Waals surface area contributed by atoms with Crippen LogP contribution in [0.5, 0.6) is 5.75 Å². The Morgan fingerprint density at radius 3 is 2.33 bits per heavy atom. The molecule has 1 unspecified atom stereocenters. The zero-order valence-corrected chi connectivity index (χ0v) is 21.3. The first-order valence-electron chi connectivity index (χ1n) is 11.5. The van der Waals surface area contributed by atoms with Gasteiger partial charge in [-0.25, -0.2) is 12.8 Å². The summed E-state index contributed by atoms with van der Waals surface area (Å²) in [5.41, 5.74) is 1.30. The van der Waals surface area contributed by atoms with Crippen LogP contribution in [0.2, 0.25) is 5.02 Å². The van der Waals surface area contributed by atoms with Crippen molar-refractivity contribution in [3.63, 3.8) is 0 Å². The minimum Gasteiger partial charge on any atom is -0.495 e. The lowest BCUT2D eigenvalue weighted by atomic mass is 10.1. The van der Waals surface area contributed by atoms with Gasteiger partial charge in [0.15, 0.2) is 0 Å². The quantitative estimate of drug-likeness (QED) is 0.479. The number of halogens is 2. The maximum atomic E-state index is 14.2. The van der Waals surface area contributed by atoms with Crippen molar-refractivity contribution in [2.45, 2.75) is 17.4 Å². The predicted molar refractivity (Wildman–Crippen MR) is 137 cm³/mol. The lowest BCUT2D eigenvalue weighted by Gasteiger charge is -2.37. The highest BCUT2D eigenvalue weighted by Gasteiger charge is 2.32. The van der Waals surface area contributed by atoms with Gasteiger partial charge in [0.2, 0.25) is 15.9 Å². The summed E-state index contributed by atoms with van der Waals surface area (Å²) < 4.78 is 48.3. The monoisotopic (exact) mass is 531 g/mol. The molecule has 1 fully saturated rings. The number of piperazine rings is 1. The van der Waals surface area contributed by atoms with E-state index in [1.807, 2.05) is 35.2 Å². The Balaban J connectivity index is 1.53. The summed E-state index contributed by atoms with van der Waals surface area (Å²) in [4.78, 5) is 17.0. The van der Waals surface area contributed by atoms with Gasteiger partial charge in [-0.05, 0) is 42.3 Å². The minimum atomic E-state index is -4.07. The van der Waals surface area contributed by atoms with E-state index in [-0.39, 0.29) is 28.1 Å². The molecule has 3 aromatic rings. The molecule has 190 valence electrons. The summed E-state index contributed by atoms with van der Waals surface area (Å²) in [6, 6.07) is 18.8. The highest BCUT2D eigenvalue weighted by atomic mass is 35.5. The van der Waals surface area contributed by atoms with Crippen molar-refractivity contribution in [1.29, 1.82) is 0 Å². The molecule has 1 atom stereocenters. The standard InChI is InChI=1S/C26H27ClFN3O4S/c1-35-25-12-11-20(18-21(25)27)36(33,34)29-23(17-19-7-3-2-4-8-19)26(32)31-15-13-30(14-16-31)24-10-6-5-9-22(24)28/h2-12,18,23,29H,13-17H2,1H3. The number of rotatable bonds is 8. The fourth-order valence-electron chi connectivity index (χ4n) is 4.20. The maximum Gasteiger partial charge on any atom is 0.241 e. The number of hydrogen-bond acceptors (Lipinski definition) is 5. The van der Waals surface area contributed by atoms with Crippen LogP contribution in [0.25, 0.3) is 0 Å². The van der Waals surface area contributed by atoms with E-state index in [0.717, 1.165) is 5.56 Å². The van der Waals surface area contributed by atoms with Gasteiger partial charge in [0, 0.05) is 26.2 Å². The van der Waals surface area contributed by atoms with E-state index >= 15 is 0 Å². The molecule has 4 rings (SSSR count). The normalized spacial score (nSPS) is 15.0. The molecule has 1 heterocycles. The smallest absolute Gasteiger partial charge is 0.241 e. The molecule has 7 nitrogen and oxygen atoms in total. The zero-order valence-electron chi connectivity index (χ0n) is 19.7. The molecule has 0 radical (unpaired) electrons. The first-order chi connectivity index (χ1) is 17.3. The van der Waals surface area contributed by atoms with Crippen LogP contribution in [0.1, 0.15) is 5.56 Å². The second kappa shape index (κ2) is 11.3. The van der Waals surface area contributed by atoms with Gasteiger partial charge in [-0.15, -0.1) is 0 Å². The number of amides is 1.